The van der Waals surface area contributed by atoms with Gasteiger partial charge in [-0.05, 0) is 23.8 Å². The minimum Gasteiger partial charge on any atom is -0.247 e. The van der Waals surface area contributed by atoms with Crippen molar-refractivity contribution in [3.63, 3.8) is 0 Å². The molecule has 0 amide bonds. The fraction of sp³-hybridized carbons (Fsp3) is 0.0588. The van der Waals surface area contributed by atoms with Gasteiger partial charge in [0.15, 0.2) is 0 Å². The molecule has 3 aromatic rings. The third kappa shape index (κ3) is 3.52. The number of nitriles is 1. The van der Waals surface area contributed by atoms with E-state index in [-0.39, 0.29) is 5.70 Å². The third-order valence-electron chi connectivity index (χ3n) is 3.12. The molecule has 0 aliphatic heterocycles. The predicted octanol–water partition coefficient (Wildman–Crippen LogP) is 3.84. The minimum atomic E-state index is 0.0751. The number of allylic oxidation sites excluding steroid dienone is 1. The fourth-order valence-electron chi connectivity index (χ4n) is 2.05. The highest BCUT2D eigenvalue weighted by atomic mass is 32.1. The molecule has 0 aliphatic carbocycles. The van der Waals surface area contributed by atoms with E-state index in [1.165, 1.54) is 11.3 Å². The molecule has 0 N–H and O–H groups in total. The van der Waals surface area contributed by atoms with Gasteiger partial charge in [0, 0.05) is 4.88 Å². The largest absolute Gasteiger partial charge is 0.263 e. The Hall–Kier alpha value is -3.22. The molecule has 0 saturated heterocycles. The molecule has 3 rings (SSSR count). The molecule has 110 valence electrons. The molecule has 23 heavy (non-hydrogen) atoms. The van der Waals surface area contributed by atoms with Gasteiger partial charge in [0.25, 0.3) is 5.70 Å². The molecule has 0 atom stereocenters. The van der Waals surface area contributed by atoms with Gasteiger partial charge in [-0.2, -0.15) is 0 Å². The lowest BCUT2D eigenvalue weighted by Crippen LogP contribution is -1.99. The van der Waals surface area contributed by atoms with Crippen LogP contribution in [0.5, 0.6) is 0 Å². The number of nitrogens with zero attached hydrogens (tertiary/aromatic N) is 5. The Bertz CT molecular complexity index is 906. The maximum absolute atomic E-state index is 8.80. The summed E-state index contributed by atoms with van der Waals surface area (Å²) in [7, 11) is 0. The molecule has 0 fully saturated rings. The summed E-state index contributed by atoms with van der Waals surface area (Å²) < 4.78 is 1.79. The van der Waals surface area contributed by atoms with E-state index in [9.17, 15) is 0 Å². The summed E-state index contributed by atoms with van der Waals surface area (Å²) in [5.41, 5.74) is 2.02. The van der Waals surface area contributed by atoms with Crippen LogP contribution in [0, 0.1) is 17.9 Å². The van der Waals surface area contributed by atoms with Crippen LogP contribution in [-0.2, 0) is 6.54 Å². The van der Waals surface area contributed by atoms with E-state index < -0.39 is 0 Å². The topological polar surface area (TPSA) is 58.9 Å². The predicted molar refractivity (Wildman–Crippen MR) is 89.1 cm³/mol. The molecule has 0 radical (unpaired) electrons. The van der Waals surface area contributed by atoms with Crippen LogP contribution in [0.4, 0.5) is 0 Å². The lowest BCUT2D eigenvalue weighted by Gasteiger charge is -1.99. The monoisotopic (exact) mass is 317 g/mol. The first-order valence-electron chi connectivity index (χ1n) is 6.82. The van der Waals surface area contributed by atoms with Gasteiger partial charge in [-0.15, -0.1) is 16.4 Å². The van der Waals surface area contributed by atoms with Crippen molar-refractivity contribution >= 4 is 17.4 Å². The van der Waals surface area contributed by atoms with Crippen molar-refractivity contribution in [2.75, 3.05) is 0 Å². The van der Waals surface area contributed by atoms with E-state index in [0.717, 1.165) is 21.0 Å². The van der Waals surface area contributed by atoms with Crippen LogP contribution < -0.4 is 0 Å². The van der Waals surface area contributed by atoms with E-state index >= 15 is 0 Å². The molecular weight excluding hydrogens is 306 g/mol. The highest BCUT2D eigenvalue weighted by Gasteiger charge is 2.07. The minimum absolute atomic E-state index is 0.0751. The quantitative estimate of drug-likeness (QED) is 0.542. The van der Waals surface area contributed by atoms with Crippen LogP contribution in [0.1, 0.15) is 10.4 Å². The van der Waals surface area contributed by atoms with E-state index in [0.29, 0.717) is 6.54 Å². The first-order chi connectivity index (χ1) is 11.3. The summed E-state index contributed by atoms with van der Waals surface area (Å²) in [6.45, 7) is 7.57. The van der Waals surface area contributed by atoms with E-state index in [2.05, 4.69) is 15.2 Å². The van der Waals surface area contributed by atoms with Crippen molar-refractivity contribution in [2.24, 2.45) is 0 Å². The standard InChI is InChI=1S/C17H11N5S/c1-19-14(10-18)9-15-7-8-17(23-15)16-12-22(21-20-16)11-13-5-3-2-4-6-13/h2-9,12H,11H2/b14-9-. The SMILES string of the molecule is [C-]#[N+]/C(C#N)=C\c1ccc(-c2cn(Cc3ccccc3)nn2)s1. The zero-order valence-corrected chi connectivity index (χ0v) is 12.9. The van der Waals surface area contributed by atoms with E-state index in [1.54, 1.807) is 10.8 Å². The van der Waals surface area contributed by atoms with Crippen LogP contribution in [0.25, 0.3) is 21.5 Å². The normalized spacial score (nSPS) is 11.0. The smallest absolute Gasteiger partial charge is 0.247 e. The van der Waals surface area contributed by atoms with Gasteiger partial charge in [-0.3, -0.25) is 0 Å². The Morgan fingerprint density at radius 1 is 1.30 bits per heavy atom. The Kier molecular flexibility index (Phi) is 4.28. The van der Waals surface area contributed by atoms with Crippen LogP contribution in [0.3, 0.4) is 0 Å². The number of benzene rings is 1. The molecule has 2 heterocycles. The average Bonchev–Trinajstić information content (AvgIpc) is 3.23. The second-order valence-corrected chi connectivity index (χ2v) is 5.86. The zero-order valence-electron chi connectivity index (χ0n) is 12.0. The Morgan fingerprint density at radius 3 is 2.87 bits per heavy atom. The summed E-state index contributed by atoms with van der Waals surface area (Å²) in [5.74, 6) is 0. The van der Waals surface area contributed by atoms with Gasteiger partial charge in [-0.25, -0.2) is 14.8 Å². The van der Waals surface area contributed by atoms with E-state index in [1.807, 2.05) is 54.7 Å². The Balaban J connectivity index is 1.79. The van der Waals surface area contributed by atoms with Gasteiger partial charge in [0.2, 0.25) is 0 Å². The van der Waals surface area contributed by atoms with Crippen LogP contribution in [-0.4, -0.2) is 15.0 Å². The average molecular weight is 317 g/mol. The highest BCUT2D eigenvalue weighted by molar-refractivity contribution is 7.16. The fourth-order valence-corrected chi connectivity index (χ4v) is 2.95. The molecule has 0 aliphatic rings. The lowest BCUT2D eigenvalue weighted by molar-refractivity contribution is 0.650. The first kappa shape index (κ1) is 14.7. The Morgan fingerprint density at radius 2 is 2.13 bits per heavy atom. The van der Waals surface area contributed by atoms with Gasteiger partial charge in [0.05, 0.1) is 30.3 Å². The second-order valence-electron chi connectivity index (χ2n) is 4.74. The molecule has 6 heteroatoms. The number of thiophene rings is 1. The number of aromatic nitrogens is 3. The summed E-state index contributed by atoms with van der Waals surface area (Å²) in [4.78, 5) is 4.97. The second kappa shape index (κ2) is 6.69. The maximum atomic E-state index is 8.80. The lowest BCUT2D eigenvalue weighted by atomic mass is 10.2. The van der Waals surface area contributed by atoms with Crippen molar-refractivity contribution in [3.05, 3.63) is 76.2 Å². The van der Waals surface area contributed by atoms with Gasteiger partial charge in [-0.1, -0.05) is 35.5 Å². The van der Waals surface area contributed by atoms with Crippen LogP contribution in [0.15, 0.2) is 54.4 Å². The summed E-state index contributed by atoms with van der Waals surface area (Å²) in [6, 6.07) is 15.7. The molecule has 2 aromatic heterocycles. The zero-order chi connectivity index (χ0) is 16.1. The van der Waals surface area contributed by atoms with Crippen molar-refractivity contribution in [1.82, 2.24) is 15.0 Å². The number of hydrogen-bond donors (Lipinski definition) is 0. The van der Waals surface area contributed by atoms with Crippen molar-refractivity contribution in [2.45, 2.75) is 6.54 Å². The van der Waals surface area contributed by atoms with Gasteiger partial charge < -0.3 is 0 Å². The van der Waals surface area contributed by atoms with Crippen molar-refractivity contribution < 1.29 is 0 Å². The summed E-state index contributed by atoms with van der Waals surface area (Å²) >= 11 is 1.48. The van der Waals surface area contributed by atoms with Crippen LogP contribution in [0.2, 0.25) is 0 Å². The molecule has 0 spiro atoms. The number of hydrogen-bond acceptors (Lipinski definition) is 4. The van der Waals surface area contributed by atoms with E-state index in [4.69, 9.17) is 11.8 Å². The third-order valence-corrected chi connectivity index (χ3v) is 4.17. The van der Waals surface area contributed by atoms with Crippen molar-refractivity contribution in [3.8, 4) is 16.6 Å². The molecule has 0 unspecified atom stereocenters. The molecule has 1 aromatic carbocycles. The number of rotatable bonds is 4. The van der Waals surface area contributed by atoms with Crippen molar-refractivity contribution in [1.29, 1.82) is 5.26 Å². The molecule has 5 nitrogen and oxygen atoms in total. The summed E-state index contributed by atoms with van der Waals surface area (Å²) in [5, 5.41) is 17.1. The molecule has 0 bridgehead atoms. The molecular formula is C17H11N5S. The van der Waals surface area contributed by atoms with Crippen LogP contribution >= 0.6 is 11.3 Å². The highest BCUT2D eigenvalue weighted by Crippen LogP contribution is 2.28. The first-order valence-corrected chi connectivity index (χ1v) is 7.63. The van der Waals surface area contributed by atoms with Gasteiger partial charge in [0.1, 0.15) is 5.69 Å². The summed E-state index contributed by atoms with van der Waals surface area (Å²) in [6.07, 6.45) is 3.47. The maximum Gasteiger partial charge on any atom is 0.263 e. The Labute approximate surface area is 137 Å². The van der Waals surface area contributed by atoms with Gasteiger partial charge >= 0.3 is 0 Å². The molecule has 0 saturated carbocycles.